The molecule has 0 radical (unpaired) electrons. The zero-order valence-corrected chi connectivity index (χ0v) is 8.13. The van der Waals surface area contributed by atoms with Crippen molar-refractivity contribution in [2.24, 2.45) is 0 Å². The molecule has 1 rings (SSSR count). The molecule has 0 bridgehead atoms. The Labute approximate surface area is 71.2 Å². The normalized spacial score (nSPS) is 9.75. The molecule has 0 aliphatic carbocycles. The van der Waals surface area contributed by atoms with E-state index in [4.69, 9.17) is 0 Å². The van der Waals surface area contributed by atoms with Gasteiger partial charge in [-0.25, -0.2) is 8.78 Å². The molecule has 4 heteroatoms. The molecule has 0 fully saturated rings. The Hall–Kier alpha value is -0.773. The monoisotopic (exact) mass is 192 g/mol. The molecule has 0 atom stereocenters. The van der Waals surface area contributed by atoms with Crippen LogP contribution in [0.15, 0.2) is 18.2 Å². The van der Waals surface area contributed by atoms with Crippen molar-refractivity contribution in [3.8, 4) is 0 Å². The molecule has 0 aliphatic heterocycles. The summed E-state index contributed by atoms with van der Waals surface area (Å²) < 4.78 is 25.3. The smallest absolute Gasteiger partial charge is 0.126 e. The average Bonchev–Trinajstić information content (AvgIpc) is 1.85. The van der Waals surface area contributed by atoms with E-state index in [9.17, 15) is 8.78 Å². The summed E-state index contributed by atoms with van der Waals surface area (Å²) >= 11 is 0. The van der Waals surface area contributed by atoms with Gasteiger partial charge in [-0.3, -0.25) is 4.70 Å². The van der Waals surface area contributed by atoms with Crippen LogP contribution in [0.4, 0.5) is 13.5 Å². The third-order valence-corrected chi connectivity index (χ3v) is 3.30. The molecule has 0 heterocycles. The van der Waals surface area contributed by atoms with Crippen LogP contribution in [0.5, 0.6) is 0 Å². The zero-order valence-electron chi connectivity index (χ0n) is 6.97. The summed E-state index contributed by atoms with van der Waals surface area (Å²) in [6.45, 7) is 4.02. The summed E-state index contributed by atoms with van der Waals surface area (Å²) in [6, 6.07) is 3.80. The first kappa shape index (κ1) is 11.2. The van der Waals surface area contributed by atoms with E-state index >= 15 is 0 Å². The van der Waals surface area contributed by atoms with E-state index in [0.717, 1.165) is 6.07 Å². The minimum atomic E-state index is -1.13. The first-order valence-corrected chi connectivity index (χ1v) is 6.45. The fraction of sp³-hybridized carbons (Fsp3) is 0.250. The van der Waals surface area contributed by atoms with Gasteiger partial charge in [-0.2, -0.15) is 0 Å². The highest BCUT2D eigenvalue weighted by Gasteiger charge is 2.07. The summed E-state index contributed by atoms with van der Waals surface area (Å²) in [5.41, 5.74) is 0. The standard InChI is InChI=1S/C8H10F2Si.FH/c1-11(2)8-4-3-6(9)5-7(8)10;/h3-5,11H,1-2H3;1H. The molecule has 12 heavy (non-hydrogen) atoms. The van der Waals surface area contributed by atoms with Crippen LogP contribution < -0.4 is 5.19 Å². The maximum Gasteiger partial charge on any atom is 0.126 e. The van der Waals surface area contributed by atoms with Gasteiger partial charge in [-0.15, -0.1) is 0 Å². The van der Waals surface area contributed by atoms with E-state index in [1.807, 2.05) is 13.1 Å². The quantitative estimate of drug-likeness (QED) is 0.595. The van der Waals surface area contributed by atoms with Gasteiger partial charge >= 0.3 is 0 Å². The second-order valence-corrected chi connectivity index (χ2v) is 5.75. The van der Waals surface area contributed by atoms with Crippen molar-refractivity contribution in [2.45, 2.75) is 13.1 Å². The maximum atomic E-state index is 12.9. The van der Waals surface area contributed by atoms with E-state index in [1.54, 1.807) is 6.07 Å². The van der Waals surface area contributed by atoms with Gasteiger partial charge in [0.1, 0.15) is 11.6 Å². The van der Waals surface area contributed by atoms with Crippen molar-refractivity contribution in [1.82, 2.24) is 0 Å². The molecule has 0 saturated carbocycles. The van der Waals surface area contributed by atoms with Gasteiger partial charge < -0.3 is 0 Å². The lowest BCUT2D eigenvalue weighted by Crippen LogP contribution is -2.26. The van der Waals surface area contributed by atoms with E-state index in [1.165, 1.54) is 6.07 Å². The molecule has 0 spiro atoms. The van der Waals surface area contributed by atoms with Gasteiger partial charge in [-0.1, -0.05) is 19.2 Å². The Morgan fingerprint density at radius 3 is 2.17 bits per heavy atom. The number of benzene rings is 1. The molecular formula is C8H11F3Si. The van der Waals surface area contributed by atoms with Crippen LogP contribution in [0.3, 0.4) is 0 Å². The lowest BCUT2D eigenvalue weighted by molar-refractivity contribution is 0.588. The van der Waals surface area contributed by atoms with Crippen LogP contribution in [0.25, 0.3) is 0 Å². The Morgan fingerprint density at radius 2 is 1.75 bits per heavy atom. The molecule has 0 nitrogen and oxygen atoms in total. The van der Waals surface area contributed by atoms with E-state index < -0.39 is 20.4 Å². The lowest BCUT2D eigenvalue weighted by atomic mass is 10.3. The minimum Gasteiger partial charge on any atom is -0.269 e. The van der Waals surface area contributed by atoms with E-state index in [0.29, 0.717) is 5.19 Å². The fourth-order valence-corrected chi connectivity index (χ4v) is 2.09. The third-order valence-electron chi connectivity index (χ3n) is 1.58. The Kier molecular flexibility index (Phi) is 4.02. The number of hydrogen-bond acceptors (Lipinski definition) is 0. The first-order valence-electron chi connectivity index (χ1n) is 3.56. The fourth-order valence-electron chi connectivity index (χ4n) is 0.970. The summed E-state index contributed by atoms with van der Waals surface area (Å²) in [5.74, 6) is -0.896. The molecule has 0 aromatic heterocycles. The van der Waals surface area contributed by atoms with Crippen LogP contribution >= 0.6 is 0 Å². The van der Waals surface area contributed by atoms with E-state index in [2.05, 4.69) is 0 Å². The molecule has 0 amide bonds. The van der Waals surface area contributed by atoms with Crippen molar-refractivity contribution < 1.29 is 13.5 Å². The molecule has 0 N–H and O–H groups in total. The molecule has 1 aromatic rings. The summed E-state index contributed by atoms with van der Waals surface area (Å²) in [6.07, 6.45) is 0. The van der Waals surface area contributed by atoms with Crippen LogP contribution in [0.1, 0.15) is 0 Å². The Morgan fingerprint density at radius 1 is 1.17 bits per heavy atom. The molecule has 0 aliphatic rings. The van der Waals surface area contributed by atoms with Gasteiger partial charge in [0.05, 0.1) is 8.80 Å². The van der Waals surface area contributed by atoms with Gasteiger partial charge in [0.2, 0.25) is 0 Å². The number of hydrogen-bond donors (Lipinski definition) is 0. The Bertz CT molecular complexity index is 260. The van der Waals surface area contributed by atoms with E-state index in [-0.39, 0.29) is 4.70 Å². The number of halogens is 3. The van der Waals surface area contributed by atoms with Crippen molar-refractivity contribution >= 4 is 14.0 Å². The molecule has 0 saturated heterocycles. The van der Waals surface area contributed by atoms with Gasteiger partial charge in [0, 0.05) is 6.07 Å². The topological polar surface area (TPSA) is 0 Å². The van der Waals surface area contributed by atoms with Crippen molar-refractivity contribution in [2.75, 3.05) is 0 Å². The van der Waals surface area contributed by atoms with Gasteiger partial charge in [0.25, 0.3) is 0 Å². The summed E-state index contributed by atoms with van der Waals surface area (Å²) in [4.78, 5) is 0. The van der Waals surface area contributed by atoms with Crippen LogP contribution in [-0.2, 0) is 0 Å². The lowest BCUT2D eigenvalue weighted by Gasteiger charge is -2.04. The molecule has 68 valence electrons. The maximum absolute atomic E-state index is 12.9. The van der Waals surface area contributed by atoms with Crippen molar-refractivity contribution in [3.05, 3.63) is 29.8 Å². The van der Waals surface area contributed by atoms with Crippen LogP contribution in [0, 0.1) is 11.6 Å². The minimum absolute atomic E-state index is 0. The predicted octanol–water partition coefficient (Wildman–Crippen LogP) is 1.81. The zero-order chi connectivity index (χ0) is 8.43. The third kappa shape index (κ3) is 2.37. The first-order chi connectivity index (χ1) is 5.11. The second kappa shape index (κ2) is 4.30. The molecule has 0 unspecified atom stereocenters. The van der Waals surface area contributed by atoms with Crippen LogP contribution in [0.2, 0.25) is 13.1 Å². The largest absolute Gasteiger partial charge is 0.269 e. The Balaban J connectivity index is 0.00000121. The second-order valence-electron chi connectivity index (χ2n) is 2.82. The van der Waals surface area contributed by atoms with Gasteiger partial charge in [-0.05, 0) is 11.3 Å². The molecule has 1 aromatic carbocycles. The number of rotatable bonds is 1. The van der Waals surface area contributed by atoms with Gasteiger partial charge in [0.15, 0.2) is 0 Å². The molecular weight excluding hydrogens is 181 g/mol. The highest BCUT2D eigenvalue weighted by Crippen LogP contribution is 2.00. The van der Waals surface area contributed by atoms with Crippen molar-refractivity contribution in [3.63, 3.8) is 0 Å². The van der Waals surface area contributed by atoms with Crippen LogP contribution in [-0.4, -0.2) is 8.80 Å². The predicted molar refractivity (Wildman–Crippen MR) is 47.4 cm³/mol. The highest BCUT2D eigenvalue weighted by atomic mass is 28.3. The highest BCUT2D eigenvalue weighted by molar-refractivity contribution is 6.70. The SMILES string of the molecule is C[SiH](C)c1ccc(F)cc1F.F. The average molecular weight is 192 g/mol. The summed E-state index contributed by atoms with van der Waals surface area (Å²) in [7, 11) is -1.13. The van der Waals surface area contributed by atoms with Crippen molar-refractivity contribution in [1.29, 1.82) is 0 Å². The summed E-state index contributed by atoms with van der Waals surface area (Å²) in [5, 5.41) is 0.700.